The fourth-order valence-electron chi connectivity index (χ4n) is 2.56. The van der Waals surface area contributed by atoms with E-state index in [1.54, 1.807) is 6.92 Å². The molecule has 0 bridgehead atoms. The zero-order chi connectivity index (χ0) is 14.9. The maximum atomic E-state index is 12.2. The van der Waals surface area contributed by atoms with Crippen LogP contribution in [0, 0.1) is 0 Å². The van der Waals surface area contributed by atoms with Crippen LogP contribution in [0.3, 0.4) is 0 Å². The van der Waals surface area contributed by atoms with Crippen LogP contribution < -0.4 is 5.56 Å². The second kappa shape index (κ2) is 5.26. The molecule has 1 aromatic heterocycles. The van der Waals surface area contributed by atoms with Crippen LogP contribution in [-0.2, 0) is 16.7 Å². The largest absolute Gasteiger partial charge is 0.501 e. The van der Waals surface area contributed by atoms with Gasteiger partial charge in [-0.2, -0.15) is 0 Å². The van der Waals surface area contributed by atoms with Gasteiger partial charge in [0.05, 0.1) is 6.61 Å². The summed E-state index contributed by atoms with van der Waals surface area (Å²) in [5.74, 6) is -0.837. The molecule has 0 aromatic carbocycles. The summed E-state index contributed by atoms with van der Waals surface area (Å²) in [7, 11) is 0. The lowest BCUT2D eigenvalue weighted by atomic mass is 9.87. The summed E-state index contributed by atoms with van der Waals surface area (Å²) < 4.78 is 6.32. The highest BCUT2D eigenvalue weighted by atomic mass is 16.5. The summed E-state index contributed by atoms with van der Waals surface area (Å²) in [5, 5.41) is 9.92. The van der Waals surface area contributed by atoms with Gasteiger partial charge in [0.15, 0.2) is 5.69 Å². The normalized spacial score (nSPS) is 17.1. The van der Waals surface area contributed by atoms with E-state index >= 15 is 0 Å². The Hall–Kier alpha value is -1.85. The highest BCUT2D eigenvalue weighted by molar-refractivity contribution is 5.90. The van der Waals surface area contributed by atoms with Gasteiger partial charge in [0.2, 0.25) is 5.75 Å². The van der Waals surface area contributed by atoms with Crippen molar-refractivity contribution in [2.75, 3.05) is 6.61 Å². The molecule has 20 heavy (non-hydrogen) atoms. The summed E-state index contributed by atoms with van der Waals surface area (Å²) in [5.41, 5.74) is -1.16. The number of carbonyl (C=O) groups is 1. The minimum absolute atomic E-state index is 0.168. The van der Waals surface area contributed by atoms with E-state index in [0.717, 1.165) is 19.3 Å². The number of aromatic nitrogens is 2. The van der Waals surface area contributed by atoms with E-state index in [4.69, 9.17) is 4.74 Å². The molecule has 1 aliphatic rings. The van der Waals surface area contributed by atoms with Crippen molar-refractivity contribution >= 4 is 5.97 Å². The first-order valence-electron chi connectivity index (χ1n) is 6.90. The van der Waals surface area contributed by atoms with Crippen molar-refractivity contribution in [1.82, 2.24) is 9.55 Å². The third-order valence-corrected chi connectivity index (χ3v) is 3.65. The van der Waals surface area contributed by atoms with Crippen LogP contribution in [0.25, 0.3) is 0 Å². The number of rotatable bonds is 2. The quantitative estimate of drug-likeness (QED) is 0.832. The number of fused-ring (bicyclic) bond motifs is 1. The third kappa shape index (κ3) is 2.42. The third-order valence-electron chi connectivity index (χ3n) is 3.65. The second-order valence-corrected chi connectivity index (χ2v) is 5.65. The number of carbonyl (C=O) groups excluding carboxylic acids is 1. The molecular weight excluding hydrogens is 260 g/mol. The molecule has 0 atom stereocenters. The Labute approximate surface area is 117 Å². The van der Waals surface area contributed by atoms with Crippen LogP contribution in [0.5, 0.6) is 5.75 Å². The lowest BCUT2D eigenvalue weighted by molar-refractivity contribution is 0.0514. The van der Waals surface area contributed by atoms with E-state index in [0.29, 0.717) is 12.4 Å². The fraction of sp³-hybridized carbons (Fsp3) is 0.643. The van der Waals surface area contributed by atoms with E-state index in [1.165, 1.54) is 4.57 Å². The van der Waals surface area contributed by atoms with Gasteiger partial charge in [-0.3, -0.25) is 9.36 Å². The lowest BCUT2D eigenvalue weighted by Crippen LogP contribution is -2.33. The van der Waals surface area contributed by atoms with Crippen LogP contribution in [0.1, 0.15) is 56.3 Å². The molecule has 1 aliphatic heterocycles. The maximum absolute atomic E-state index is 12.2. The average Bonchev–Trinajstić information content (AvgIpc) is 2.53. The zero-order valence-electron chi connectivity index (χ0n) is 12.1. The van der Waals surface area contributed by atoms with Gasteiger partial charge in [-0.1, -0.05) is 20.3 Å². The first kappa shape index (κ1) is 14.6. The smallest absolute Gasteiger partial charge is 0.361 e. The molecule has 0 fully saturated rings. The Bertz CT molecular complexity index is 590. The standard InChI is InChI=1S/C14H20N2O4/c1-4-20-12(19)9-10(17)11(18)16-8-6-5-7-14(2,3)13(16)15-9/h17H,4-8H2,1-3H3. The Morgan fingerprint density at radius 2 is 2.15 bits per heavy atom. The number of hydrogen-bond acceptors (Lipinski definition) is 5. The van der Waals surface area contributed by atoms with Gasteiger partial charge in [-0.15, -0.1) is 0 Å². The number of ether oxygens (including phenoxy) is 1. The Kier molecular flexibility index (Phi) is 3.83. The van der Waals surface area contributed by atoms with Crippen molar-refractivity contribution in [2.24, 2.45) is 0 Å². The molecule has 6 nitrogen and oxygen atoms in total. The monoisotopic (exact) mass is 280 g/mol. The first-order valence-corrected chi connectivity index (χ1v) is 6.90. The molecule has 0 spiro atoms. The number of esters is 1. The SMILES string of the molecule is CCOC(=O)c1nc2n(c(=O)c1O)CCCCC2(C)C. The van der Waals surface area contributed by atoms with Crippen molar-refractivity contribution in [1.29, 1.82) is 0 Å². The summed E-state index contributed by atoms with van der Waals surface area (Å²) in [6.07, 6.45) is 2.72. The van der Waals surface area contributed by atoms with Crippen LogP contribution in [0.15, 0.2) is 4.79 Å². The van der Waals surface area contributed by atoms with Crippen LogP contribution in [0.4, 0.5) is 0 Å². The molecule has 0 saturated heterocycles. The highest BCUT2D eigenvalue weighted by Crippen LogP contribution is 2.31. The van der Waals surface area contributed by atoms with Crippen LogP contribution in [-0.4, -0.2) is 27.2 Å². The van der Waals surface area contributed by atoms with E-state index < -0.39 is 17.3 Å². The van der Waals surface area contributed by atoms with Crippen molar-refractivity contribution in [3.63, 3.8) is 0 Å². The van der Waals surface area contributed by atoms with Crippen molar-refractivity contribution < 1.29 is 14.6 Å². The molecule has 110 valence electrons. The molecule has 0 unspecified atom stereocenters. The Balaban J connectivity index is 2.65. The lowest BCUT2D eigenvalue weighted by Gasteiger charge is -2.24. The average molecular weight is 280 g/mol. The Morgan fingerprint density at radius 1 is 1.45 bits per heavy atom. The van der Waals surface area contributed by atoms with Crippen LogP contribution in [0.2, 0.25) is 0 Å². The predicted molar refractivity (Wildman–Crippen MR) is 73.0 cm³/mol. The second-order valence-electron chi connectivity index (χ2n) is 5.65. The minimum Gasteiger partial charge on any atom is -0.501 e. The van der Waals surface area contributed by atoms with Gasteiger partial charge in [0.1, 0.15) is 5.82 Å². The number of nitrogens with zero attached hydrogens (tertiary/aromatic N) is 2. The minimum atomic E-state index is -0.759. The summed E-state index contributed by atoms with van der Waals surface area (Å²) in [4.78, 5) is 28.3. The van der Waals surface area contributed by atoms with Gasteiger partial charge in [-0.05, 0) is 19.8 Å². The van der Waals surface area contributed by atoms with E-state index in [9.17, 15) is 14.7 Å². The first-order chi connectivity index (χ1) is 9.38. The topological polar surface area (TPSA) is 81.4 Å². The fourth-order valence-corrected chi connectivity index (χ4v) is 2.56. The molecule has 0 aliphatic carbocycles. The van der Waals surface area contributed by atoms with Gasteiger partial charge in [0, 0.05) is 12.0 Å². The molecule has 6 heteroatoms. The van der Waals surface area contributed by atoms with E-state index in [1.807, 2.05) is 13.8 Å². The molecule has 0 radical (unpaired) electrons. The van der Waals surface area contributed by atoms with Gasteiger partial charge < -0.3 is 9.84 Å². The summed E-state index contributed by atoms with van der Waals surface area (Å²) in [6.45, 7) is 6.32. The maximum Gasteiger partial charge on any atom is 0.361 e. The van der Waals surface area contributed by atoms with Crippen molar-refractivity contribution in [3.05, 3.63) is 21.9 Å². The van der Waals surface area contributed by atoms with Gasteiger partial charge in [-0.25, -0.2) is 9.78 Å². The van der Waals surface area contributed by atoms with Crippen molar-refractivity contribution in [3.8, 4) is 5.75 Å². The number of hydrogen-bond donors (Lipinski definition) is 1. The number of aromatic hydroxyl groups is 1. The van der Waals surface area contributed by atoms with Crippen LogP contribution >= 0.6 is 0 Å². The highest BCUT2D eigenvalue weighted by Gasteiger charge is 2.32. The predicted octanol–water partition coefficient (Wildman–Crippen LogP) is 1.59. The summed E-state index contributed by atoms with van der Waals surface area (Å²) in [6, 6.07) is 0. The Morgan fingerprint density at radius 3 is 2.80 bits per heavy atom. The molecular formula is C14H20N2O4. The molecule has 2 rings (SSSR count). The summed E-state index contributed by atoms with van der Waals surface area (Å²) >= 11 is 0. The zero-order valence-corrected chi connectivity index (χ0v) is 12.1. The van der Waals surface area contributed by atoms with Gasteiger partial charge >= 0.3 is 5.97 Å². The van der Waals surface area contributed by atoms with Crippen molar-refractivity contribution in [2.45, 2.75) is 52.0 Å². The molecule has 0 saturated carbocycles. The molecule has 0 amide bonds. The van der Waals surface area contributed by atoms with E-state index in [2.05, 4.69) is 4.98 Å². The van der Waals surface area contributed by atoms with E-state index in [-0.39, 0.29) is 17.7 Å². The molecule has 1 N–H and O–H groups in total. The molecule has 1 aromatic rings. The molecule has 2 heterocycles. The van der Waals surface area contributed by atoms with Gasteiger partial charge in [0.25, 0.3) is 5.56 Å².